The Kier molecular flexibility index (Phi) is 4.04. The van der Waals surface area contributed by atoms with E-state index in [2.05, 4.69) is 38.1 Å². The molecule has 88 valence electrons. The van der Waals surface area contributed by atoms with E-state index < -0.39 is 0 Å². The Bertz CT molecular complexity index is 303. The molecule has 1 atom stereocenters. The quantitative estimate of drug-likeness (QED) is 0.683. The van der Waals surface area contributed by atoms with Crippen LogP contribution in [0.3, 0.4) is 0 Å². The Balaban J connectivity index is 1.90. The van der Waals surface area contributed by atoms with Crippen LogP contribution in [0.1, 0.15) is 50.2 Å². The number of hydrogen-bond donors (Lipinski definition) is 0. The zero-order chi connectivity index (χ0) is 11.4. The van der Waals surface area contributed by atoms with Gasteiger partial charge >= 0.3 is 0 Å². The van der Waals surface area contributed by atoms with Crippen LogP contribution < -0.4 is 0 Å². The highest BCUT2D eigenvalue weighted by Gasteiger charge is 2.19. The summed E-state index contributed by atoms with van der Waals surface area (Å²) in [7, 11) is 0. The minimum Gasteiger partial charge on any atom is -0.0619 e. The molecule has 2 rings (SSSR count). The lowest BCUT2D eigenvalue weighted by atomic mass is 9.78. The fourth-order valence-electron chi connectivity index (χ4n) is 2.97. The number of hydrogen-bond acceptors (Lipinski definition) is 0. The standard InChI is InChI=1S/C16H24/c1-13-8-10-15(11-9-13)12-14(2)16-6-4-3-5-7-16/h8-11,14,16H,3-7,12H2,1-2H3. The van der Waals surface area contributed by atoms with Gasteiger partial charge in [-0.1, -0.05) is 68.9 Å². The first-order valence-corrected chi connectivity index (χ1v) is 6.81. The topological polar surface area (TPSA) is 0 Å². The third kappa shape index (κ3) is 3.10. The van der Waals surface area contributed by atoms with Gasteiger partial charge in [-0.05, 0) is 30.7 Å². The van der Waals surface area contributed by atoms with Gasteiger partial charge in [-0.15, -0.1) is 0 Å². The van der Waals surface area contributed by atoms with Crippen molar-refractivity contribution in [2.45, 2.75) is 52.4 Å². The van der Waals surface area contributed by atoms with Crippen LogP contribution in [0, 0.1) is 18.8 Å². The Morgan fingerprint density at radius 1 is 1.06 bits per heavy atom. The van der Waals surface area contributed by atoms with Crippen LogP contribution in [-0.2, 0) is 6.42 Å². The molecule has 0 nitrogen and oxygen atoms in total. The van der Waals surface area contributed by atoms with Gasteiger partial charge in [0, 0.05) is 0 Å². The summed E-state index contributed by atoms with van der Waals surface area (Å²) < 4.78 is 0. The minimum atomic E-state index is 0.864. The van der Waals surface area contributed by atoms with Crippen LogP contribution in [-0.4, -0.2) is 0 Å². The average molecular weight is 216 g/mol. The predicted octanol–water partition coefficient (Wildman–Crippen LogP) is 4.75. The van der Waals surface area contributed by atoms with Gasteiger partial charge in [0.1, 0.15) is 0 Å². The molecule has 16 heavy (non-hydrogen) atoms. The lowest BCUT2D eigenvalue weighted by molar-refractivity contribution is 0.262. The maximum absolute atomic E-state index is 2.44. The van der Waals surface area contributed by atoms with Gasteiger partial charge in [0.15, 0.2) is 0 Å². The van der Waals surface area contributed by atoms with Crippen LogP contribution in [0.4, 0.5) is 0 Å². The minimum absolute atomic E-state index is 0.864. The summed E-state index contributed by atoms with van der Waals surface area (Å²) in [6, 6.07) is 9.08. The van der Waals surface area contributed by atoms with Gasteiger partial charge in [-0.3, -0.25) is 0 Å². The van der Waals surface area contributed by atoms with Crippen LogP contribution >= 0.6 is 0 Å². The highest BCUT2D eigenvalue weighted by molar-refractivity contribution is 5.21. The molecule has 0 heteroatoms. The molecule has 0 aromatic heterocycles. The van der Waals surface area contributed by atoms with E-state index in [1.54, 1.807) is 0 Å². The van der Waals surface area contributed by atoms with Crippen molar-refractivity contribution < 1.29 is 0 Å². The zero-order valence-electron chi connectivity index (χ0n) is 10.7. The summed E-state index contributed by atoms with van der Waals surface area (Å²) in [6.45, 7) is 4.60. The summed E-state index contributed by atoms with van der Waals surface area (Å²) in [4.78, 5) is 0. The van der Waals surface area contributed by atoms with Crippen molar-refractivity contribution in [3.8, 4) is 0 Å². The van der Waals surface area contributed by atoms with Crippen molar-refractivity contribution in [2.75, 3.05) is 0 Å². The molecule has 1 aliphatic rings. The number of benzene rings is 1. The van der Waals surface area contributed by atoms with Gasteiger partial charge in [-0.2, -0.15) is 0 Å². The molecule has 1 saturated carbocycles. The molecule has 0 spiro atoms. The third-order valence-electron chi connectivity index (χ3n) is 4.13. The van der Waals surface area contributed by atoms with Gasteiger partial charge in [0.25, 0.3) is 0 Å². The molecule has 0 N–H and O–H groups in total. The molecule has 0 aliphatic heterocycles. The first-order chi connectivity index (χ1) is 7.75. The van der Waals surface area contributed by atoms with Crippen molar-refractivity contribution in [1.29, 1.82) is 0 Å². The van der Waals surface area contributed by atoms with Crippen molar-refractivity contribution in [3.05, 3.63) is 35.4 Å². The molecule has 0 heterocycles. The summed E-state index contributed by atoms with van der Waals surface area (Å²) in [5, 5.41) is 0. The van der Waals surface area contributed by atoms with E-state index in [0.717, 1.165) is 11.8 Å². The van der Waals surface area contributed by atoms with Gasteiger partial charge < -0.3 is 0 Å². The predicted molar refractivity (Wildman–Crippen MR) is 70.6 cm³/mol. The normalized spacial score (nSPS) is 19.6. The van der Waals surface area contributed by atoms with Crippen LogP contribution in [0.15, 0.2) is 24.3 Å². The van der Waals surface area contributed by atoms with E-state index in [1.165, 1.54) is 49.7 Å². The fraction of sp³-hybridized carbons (Fsp3) is 0.625. The Morgan fingerprint density at radius 3 is 2.31 bits per heavy atom. The molecule has 1 aliphatic carbocycles. The molecule has 1 fully saturated rings. The second-order valence-corrected chi connectivity index (χ2v) is 5.57. The monoisotopic (exact) mass is 216 g/mol. The maximum atomic E-state index is 2.44. The Morgan fingerprint density at radius 2 is 1.69 bits per heavy atom. The molecule has 0 amide bonds. The molecular formula is C16H24. The van der Waals surface area contributed by atoms with Crippen molar-refractivity contribution >= 4 is 0 Å². The van der Waals surface area contributed by atoms with Crippen LogP contribution in [0.2, 0.25) is 0 Å². The lowest BCUT2D eigenvalue weighted by Crippen LogP contribution is -2.17. The zero-order valence-corrected chi connectivity index (χ0v) is 10.7. The number of aryl methyl sites for hydroxylation is 1. The van der Waals surface area contributed by atoms with E-state index in [1.807, 2.05) is 0 Å². The van der Waals surface area contributed by atoms with Crippen molar-refractivity contribution in [3.63, 3.8) is 0 Å². The highest BCUT2D eigenvalue weighted by atomic mass is 14.2. The third-order valence-corrected chi connectivity index (χ3v) is 4.13. The summed E-state index contributed by atoms with van der Waals surface area (Å²) in [5.41, 5.74) is 2.89. The molecule has 1 aromatic carbocycles. The fourth-order valence-corrected chi connectivity index (χ4v) is 2.97. The SMILES string of the molecule is Cc1ccc(CC(C)C2CCCCC2)cc1. The van der Waals surface area contributed by atoms with Crippen molar-refractivity contribution in [1.82, 2.24) is 0 Å². The van der Waals surface area contributed by atoms with Gasteiger partial charge in [0.2, 0.25) is 0 Å². The van der Waals surface area contributed by atoms with E-state index in [4.69, 9.17) is 0 Å². The summed E-state index contributed by atoms with van der Waals surface area (Å²) in [5.74, 6) is 1.85. The smallest absolute Gasteiger partial charge is 0.0250 e. The first kappa shape index (κ1) is 11.7. The molecule has 1 unspecified atom stereocenters. The van der Waals surface area contributed by atoms with E-state index in [9.17, 15) is 0 Å². The largest absolute Gasteiger partial charge is 0.0619 e. The molecule has 0 bridgehead atoms. The van der Waals surface area contributed by atoms with E-state index >= 15 is 0 Å². The van der Waals surface area contributed by atoms with E-state index in [0.29, 0.717) is 0 Å². The maximum Gasteiger partial charge on any atom is -0.0250 e. The van der Waals surface area contributed by atoms with E-state index in [-0.39, 0.29) is 0 Å². The molecule has 0 saturated heterocycles. The van der Waals surface area contributed by atoms with Gasteiger partial charge in [-0.25, -0.2) is 0 Å². The van der Waals surface area contributed by atoms with Crippen LogP contribution in [0.5, 0.6) is 0 Å². The highest BCUT2D eigenvalue weighted by Crippen LogP contribution is 2.31. The summed E-state index contributed by atoms with van der Waals surface area (Å²) >= 11 is 0. The van der Waals surface area contributed by atoms with Crippen molar-refractivity contribution in [2.24, 2.45) is 11.8 Å². The van der Waals surface area contributed by atoms with Gasteiger partial charge in [0.05, 0.1) is 0 Å². The Hall–Kier alpha value is -0.780. The lowest BCUT2D eigenvalue weighted by Gasteiger charge is -2.27. The average Bonchev–Trinajstić information content (AvgIpc) is 2.33. The first-order valence-electron chi connectivity index (χ1n) is 6.81. The molecular weight excluding hydrogens is 192 g/mol. The molecule has 0 radical (unpaired) electrons. The molecule has 1 aromatic rings. The summed E-state index contributed by atoms with van der Waals surface area (Å²) in [6.07, 6.45) is 8.59. The van der Waals surface area contributed by atoms with Crippen LogP contribution in [0.25, 0.3) is 0 Å². The number of rotatable bonds is 3. The second kappa shape index (κ2) is 5.52. The second-order valence-electron chi connectivity index (χ2n) is 5.57. The Labute approximate surface area is 100 Å².